The second-order valence-corrected chi connectivity index (χ2v) is 4.32. The molecule has 0 fully saturated rings. The maximum Gasteiger partial charge on any atom is 0.0627 e. The van der Waals surface area contributed by atoms with Crippen LogP contribution in [0.4, 0.5) is 0 Å². The Bertz CT molecular complexity index is 313. The Hall–Kier alpha value is -0.510. The summed E-state index contributed by atoms with van der Waals surface area (Å²) in [6.07, 6.45) is 3.15. The van der Waals surface area contributed by atoms with Gasteiger partial charge in [-0.1, -0.05) is 12.1 Å². The molecule has 0 saturated carbocycles. The van der Waals surface area contributed by atoms with Gasteiger partial charge in [-0.3, -0.25) is 0 Å². The molecule has 1 aliphatic heterocycles. The Balaban J connectivity index is 2.46. The van der Waals surface area contributed by atoms with Crippen molar-refractivity contribution >= 4 is 11.8 Å². The molecule has 76 valence electrons. The fourth-order valence-electron chi connectivity index (χ4n) is 2.02. The van der Waals surface area contributed by atoms with Crippen molar-refractivity contribution in [1.29, 1.82) is 0 Å². The van der Waals surface area contributed by atoms with Gasteiger partial charge in [0.05, 0.1) is 12.6 Å². The van der Waals surface area contributed by atoms with Crippen molar-refractivity contribution in [1.82, 2.24) is 5.32 Å². The van der Waals surface area contributed by atoms with E-state index in [4.69, 9.17) is 0 Å². The summed E-state index contributed by atoms with van der Waals surface area (Å²) in [4.78, 5) is 1.29. The van der Waals surface area contributed by atoms with Crippen LogP contribution in [0.15, 0.2) is 23.1 Å². The molecule has 2 nitrogen and oxygen atoms in total. The molecule has 14 heavy (non-hydrogen) atoms. The summed E-state index contributed by atoms with van der Waals surface area (Å²) >= 11 is 1.75. The fraction of sp³-hybridized carbons (Fsp3) is 0.455. The van der Waals surface area contributed by atoms with Crippen LogP contribution in [0.3, 0.4) is 0 Å². The number of aliphatic hydroxyl groups is 1. The molecule has 2 rings (SSSR count). The van der Waals surface area contributed by atoms with E-state index in [1.54, 1.807) is 11.8 Å². The molecule has 1 unspecified atom stereocenters. The first-order chi connectivity index (χ1) is 6.86. The van der Waals surface area contributed by atoms with Gasteiger partial charge in [0.2, 0.25) is 0 Å². The molecule has 0 aliphatic carbocycles. The molecule has 2 N–H and O–H groups in total. The first-order valence-electron chi connectivity index (χ1n) is 4.87. The van der Waals surface area contributed by atoms with Crippen LogP contribution in [0.1, 0.15) is 17.2 Å². The molecule has 1 aromatic rings. The average Bonchev–Trinajstić information content (AvgIpc) is 2.27. The van der Waals surface area contributed by atoms with Crippen LogP contribution in [0, 0.1) is 0 Å². The van der Waals surface area contributed by atoms with Gasteiger partial charge >= 0.3 is 0 Å². The third-order valence-corrected chi connectivity index (χ3v) is 3.49. The van der Waals surface area contributed by atoms with E-state index >= 15 is 0 Å². The van der Waals surface area contributed by atoms with Gasteiger partial charge in [0, 0.05) is 4.90 Å². The highest BCUT2D eigenvalue weighted by Crippen LogP contribution is 2.31. The standard InChI is InChI=1S/C11H15NOS/c1-14-10-4-2-3-8-5-6-12-9(7-13)11(8)10/h2-4,9,12-13H,5-7H2,1H3. The van der Waals surface area contributed by atoms with Crippen LogP contribution in [-0.2, 0) is 6.42 Å². The summed E-state index contributed by atoms with van der Waals surface area (Å²) in [7, 11) is 0. The van der Waals surface area contributed by atoms with Crippen molar-refractivity contribution in [2.75, 3.05) is 19.4 Å². The van der Waals surface area contributed by atoms with E-state index in [-0.39, 0.29) is 12.6 Å². The van der Waals surface area contributed by atoms with Gasteiger partial charge in [-0.25, -0.2) is 0 Å². The Kier molecular flexibility index (Phi) is 3.11. The van der Waals surface area contributed by atoms with E-state index in [0.717, 1.165) is 13.0 Å². The quantitative estimate of drug-likeness (QED) is 0.725. The van der Waals surface area contributed by atoms with Crippen molar-refractivity contribution in [3.05, 3.63) is 29.3 Å². The van der Waals surface area contributed by atoms with E-state index in [9.17, 15) is 5.11 Å². The Morgan fingerprint density at radius 3 is 3.14 bits per heavy atom. The van der Waals surface area contributed by atoms with Crippen molar-refractivity contribution in [2.45, 2.75) is 17.4 Å². The van der Waals surface area contributed by atoms with Crippen LogP contribution in [-0.4, -0.2) is 24.5 Å². The molecule has 3 heteroatoms. The van der Waals surface area contributed by atoms with Gasteiger partial charge in [-0.15, -0.1) is 11.8 Å². The average molecular weight is 209 g/mol. The number of benzene rings is 1. The largest absolute Gasteiger partial charge is 0.394 e. The molecule has 0 aromatic heterocycles. The highest BCUT2D eigenvalue weighted by Gasteiger charge is 2.21. The lowest BCUT2D eigenvalue weighted by Gasteiger charge is -2.27. The molecule has 1 aliphatic rings. The predicted molar refractivity (Wildman–Crippen MR) is 59.8 cm³/mol. The molecule has 0 radical (unpaired) electrons. The summed E-state index contributed by atoms with van der Waals surface area (Å²) in [5.41, 5.74) is 2.68. The zero-order valence-electron chi connectivity index (χ0n) is 8.29. The maximum atomic E-state index is 9.29. The van der Waals surface area contributed by atoms with E-state index in [1.165, 1.54) is 16.0 Å². The van der Waals surface area contributed by atoms with Gasteiger partial charge in [0.1, 0.15) is 0 Å². The van der Waals surface area contributed by atoms with E-state index in [2.05, 4.69) is 29.8 Å². The highest BCUT2D eigenvalue weighted by atomic mass is 32.2. The molecular formula is C11H15NOS. The molecule has 0 bridgehead atoms. The second kappa shape index (κ2) is 4.34. The predicted octanol–water partition coefficient (Wildman–Crippen LogP) is 1.59. The molecule has 0 amide bonds. The minimum Gasteiger partial charge on any atom is -0.394 e. The lowest BCUT2D eigenvalue weighted by atomic mass is 9.95. The number of fused-ring (bicyclic) bond motifs is 1. The minimum atomic E-state index is 0.127. The lowest BCUT2D eigenvalue weighted by molar-refractivity contribution is 0.238. The first-order valence-corrected chi connectivity index (χ1v) is 6.09. The molecule has 0 saturated heterocycles. The Morgan fingerprint density at radius 1 is 1.57 bits per heavy atom. The van der Waals surface area contributed by atoms with Gasteiger partial charge in [0.25, 0.3) is 0 Å². The van der Waals surface area contributed by atoms with E-state index < -0.39 is 0 Å². The second-order valence-electron chi connectivity index (χ2n) is 3.47. The van der Waals surface area contributed by atoms with E-state index in [1.807, 2.05) is 0 Å². The summed E-state index contributed by atoms with van der Waals surface area (Å²) in [5, 5.41) is 12.6. The number of hydrogen-bond donors (Lipinski definition) is 2. The summed E-state index contributed by atoms with van der Waals surface area (Å²) < 4.78 is 0. The Morgan fingerprint density at radius 2 is 2.43 bits per heavy atom. The number of nitrogens with one attached hydrogen (secondary N) is 1. The topological polar surface area (TPSA) is 32.3 Å². The number of rotatable bonds is 2. The van der Waals surface area contributed by atoms with E-state index in [0.29, 0.717) is 0 Å². The minimum absolute atomic E-state index is 0.127. The number of hydrogen-bond acceptors (Lipinski definition) is 3. The van der Waals surface area contributed by atoms with Gasteiger partial charge in [0.15, 0.2) is 0 Å². The van der Waals surface area contributed by atoms with Crippen LogP contribution in [0.5, 0.6) is 0 Å². The van der Waals surface area contributed by atoms with Crippen LogP contribution in [0.2, 0.25) is 0 Å². The molecule has 0 spiro atoms. The summed E-state index contributed by atoms with van der Waals surface area (Å²) in [6, 6.07) is 6.52. The zero-order chi connectivity index (χ0) is 9.97. The van der Waals surface area contributed by atoms with Crippen LogP contribution >= 0.6 is 11.8 Å². The smallest absolute Gasteiger partial charge is 0.0627 e. The molecule has 1 aromatic carbocycles. The van der Waals surface area contributed by atoms with Gasteiger partial charge in [-0.2, -0.15) is 0 Å². The molecular weight excluding hydrogens is 194 g/mol. The van der Waals surface area contributed by atoms with Gasteiger partial charge < -0.3 is 10.4 Å². The number of thioether (sulfide) groups is 1. The first kappa shape index (κ1) is 10.0. The molecule has 1 atom stereocenters. The zero-order valence-corrected chi connectivity index (χ0v) is 9.10. The van der Waals surface area contributed by atoms with Crippen molar-refractivity contribution in [3.63, 3.8) is 0 Å². The normalized spacial score (nSPS) is 20.6. The summed E-state index contributed by atoms with van der Waals surface area (Å²) in [5.74, 6) is 0. The maximum absolute atomic E-state index is 9.29. The van der Waals surface area contributed by atoms with Crippen LogP contribution in [0.25, 0.3) is 0 Å². The lowest BCUT2D eigenvalue weighted by Crippen LogP contribution is -2.32. The highest BCUT2D eigenvalue weighted by molar-refractivity contribution is 7.98. The monoisotopic (exact) mass is 209 g/mol. The summed E-state index contributed by atoms with van der Waals surface area (Å²) in [6.45, 7) is 1.15. The molecule has 1 heterocycles. The van der Waals surface area contributed by atoms with Crippen molar-refractivity contribution in [2.24, 2.45) is 0 Å². The van der Waals surface area contributed by atoms with Crippen molar-refractivity contribution in [3.8, 4) is 0 Å². The van der Waals surface area contributed by atoms with Crippen LogP contribution < -0.4 is 5.32 Å². The SMILES string of the molecule is CSc1cccc2c1C(CO)NCC2. The fourth-order valence-corrected chi connectivity index (χ4v) is 2.73. The van der Waals surface area contributed by atoms with Crippen molar-refractivity contribution < 1.29 is 5.11 Å². The number of aliphatic hydroxyl groups excluding tert-OH is 1. The third-order valence-electron chi connectivity index (χ3n) is 2.69. The third kappa shape index (κ3) is 1.67. The Labute approximate surface area is 88.7 Å². The van der Waals surface area contributed by atoms with Gasteiger partial charge in [-0.05, 0) is 36.4 Å².